The van der Waals surface area contributed by atoms with E-state index in [0.29, 0.717) is 6.61 Å². The molecule has 0 saturated carbocycles. The molecule has 1 atom stereocenters. The zero-order chi connectivity index (χ0) is 13.9. The van der Waals surface area contributed by atoms with E-state index in [9.17, 15) is 4.79 Å². The molecule has 20 heavy (non-hydrogen) atoms. The lowest BCUT2D eigenvalue weighted by Crippen LogP contribution is -2.21. The Hall–Kier alpha value is -2.10. The number of para-hydroxylation sites is 1. The molecule has 1 aromatic heterocycles. The zero-order valence-corrected chi connectivity index (χ0v) is 11.6. The molecule has 104 valence electrons. The van der Waals surface area contributed by atoms with Crippen LogP contribution in [0.5, 0.6) is 5.75 Å². The first-order chi connectivity index (χ1) is 9.78. The van der Waals surface area contributed by atoms with Gasteiger partial charge in [-0.25, -0.2) is 4.98 Å². The van der Waals surface area contributed by atoms with Gasteiger partial charge in [-0.15, -0.1) is 0 Å². The second kappa shape index (κ2) is 5.49. The SMILES string of the molecule is CCCc1cc(=O)[nH]c(C2CCOc3ccccc32)n1. The number of H-pyrrole nitrogens is 1. The Morgan fingerprint density at radius 1 is 1.40 bits per heavy atom. The molecule has 2 aromatic rings. The number of aromatic amines is 1. The van der Waals surface area contributed by atoms with Gasteiger partial charge in [-0.1, -0.05) is 31.5 Å². The van der Waals surface area contributed by atoms with Crippen molar-refractivity contribution < 1.29 is 4.74 Å². The van der Waals surface area contributed by atoms with Crippen LogP contribution in [0.15, 0.2) is 35.1 Å². The molecule has 0 saturated heterocycles. The van der Waals surface area contributed by atoms with Crippen molar-refractivity contribution in [3.63, 3.8) is 0 Å². The summed E-state index contributed by atoms with van der Waals surface area (Å²) in [6.07, 6.45) is 2.66. The van der Waals surface area contributed by atoms with Gasteiger partial charge in [-0.3, -0.25) is 4.79 Å². The van der Waals surface area contributed by atoms with E-state index >= 15 is 0 Å². The van der Waals surface area contributed by atoms with Gasteiger partial charge in [0, 0.05) is 23.2 Å². The topological polar surface area (TPSA) is 55.0 Å². The Morgan fingerprint density at radius 2 is 2.25 bits per heavy atom. The summed E-state index contributed by atoms with van der Waals surface area (Å²) in [5.74, 6) is 1.77. The van der Waals surface area contributed by atoms with E-state index in [1.165, 1.54) is 0 Å². The van der Waals surface area contributed by atoms with Crippen molar-refractivity contribution in [3.8, 4) is 5.75 Å². The molecule has 0 spiro atoms. The first-order valence-corrected chi connectivity index (χ1v) is 7.10. The molecule has 0 radical (unpaired) electrons. The summed E-state index contributed by atoms with van der Waals surface area (Å²) in [6.45, 7) is 2.75. The number of benzene rings is 1. The monoisotopic (exact) mass is 270 g/mol. The molecule has 0 aliphatic carbocycles. The van der Waals surface area contributed by atoms with Gasteiger partial charge in [0.1, 0.15) is 11.6 Å². The standard InChI is InChI=1S/C16H18N2O2/c1-2-5-11-10-15(19)18-16(17-11)13-8-9-20-14-7-4-3-6-12(13)14/h3-4,6-7,10,13H,2,5,8-9H2,1H3,(H,17,18,19). The van der Waals surface area contributed by atoms with Crippen LogP contribution in [0.1, 0.15) is 42.8 Å². The van der Waals surface area contributed by atoms with Crippen molar-refractivity contribution in [3.05, 3.63) is 57.8 Å². The lowest BCUT2D eigenvalue weighted by atomic mass is 9.92. The van der Waals surface area contributed by atoms with Gasteiger partial charge in [-0.2, -0.15) is 0 Å². The van der Waals surface area contributed by atoms with Gasteiger partial charge in [0.2, 0.25) is 0 Å². The van der Waals surface area contributed by atoms with Gasteiger partial charge < -0.3 is 9.72 Å². The maximum absolute atomic E-state index is 11.8. The van der Waals surface area contributed by atoms with Crippen molar-refractivity contribution in [2.75, 3.05) is 6.61 Å². The number of aromatic nitrogens is 2. The quantitative estimate of drug-likeness (QED) is 0.932. The van der Waals surface area contributed by atoms with Crippen LogP contribution < -0.4 is 10.3 Å². The molecule has 1 unspecified atom stereocenters. The lowest BCUT2D eigenvalue weighted by molar-refractivity contribution is 0.274. The van der Waals surface area contributed by atoms with Crippen LogP contribution in [0.4, 0.5) is 0 Å². The van der Waals surface area contributed by atoms with Crippen molar-refractivity contribution in [2.45, 2.75) is 32.1 Å². The summed E-state index contributed by atoms with van der Waals surface area (Å²) in [4.78, 5) is 19.3. The van der Waals surface area contributed by atoms with Gasteiger partial charge in [0.05, 0.1) is 6.61 Å². The number of rotatable bonds is 3. The predicted octanol–water partition coefficient (Wildman–Crippen LogP) is 2.64. The fourth-order valence-electron chi connectivity index (χ4n) is 2.70. The maximum atomic E-state index is 11.8. The summed E-state index contributed by atoms with van der Waals surface area (Å²) in [5.41, 5.74) is 1.91. The molecular weight excluding hydrogens is 252 g/mol. The van der Waals surface area contributed by atoms with Gasteiger partial charge in [0.25, 0.3) is 5.56 Å². The molecule has 0 bridgehead atoms. The highest BCUT2D eigenvalue weighted by Gasteiger charge is 2.24. The molecule has 1 aromatic carbocycles. The molecule has 0 fully saturated rings. The van der Waals surface area contributed by atoms with Crippen molar-refractivity contribution in [2.24, 2.45) is 0 Å². The van der Waals surface area contributed by atoms with E-state index in [1.54, 1.807) is 6.07 Å². The molecular formula is C16H18N2O2. The minimum absolute atomic E-state index is 0.0672. The van der Waals surface area contributed by atoms with Gasteiger partial charge in [-0.05, 0) is 18.9 Å². The Morgan fingerprint density at radius 3 is 3.10 bits per heavy atom. The Kier molecular flexibility index (Phi) is 3.54. The largest absolute Gasteiger partial charge is 0.493 e. The molecule has 1 N–H and O–H groups in total. The fraction of sp³-hybridized carbons (Fsp3) is 0.375. The highest BCUT2D eigenvalue weighted by Crippen LogP contribution is 2.36. The molecule has 0 amide bonds. The minimum atomic E-state index is -0.0672. The molecule has 1 aliphatic rings. The zero-order valence-electron chi connectivity index (χ0n) is 11.6. The normalized spacial score (nSPS) is 17.4. The van der Waals surface area contributed by atoms with E-state index in [1.807, 2.05) is 24.3 Å². The number of aryl methyl sites for hydroxylation is 1. The highest BCUT2D eigenvalue weighted by molar-refractivity contribution is 5.40. The van der Waals surface area contributed by atoms with E-state index in [2.05, 4.69) is 16.9 Å². The highest BCUT2D eigenvalue weighted by atomic mass is 16.5. The third-order valence-corrected chi connectivity index (χ3v) is 3.61. The average molecular weight is 270 g/mol. The number of hydrogen-bond donors (Lipinski definition) is 1. The van der Waals surface area contributed by atoms with Crippen LogP contribution in [-0.2, 0) is 6.42 Å². The van der Waals surface area contributed by atoms with Crippen molar-refractivity contribution in [1.29, 1.82) is 0 Å². The molecule has 3 rings (SSSR count). The van der Waals surface area contributed by atoms with Gasteiger partial charge >= 0.3 is 0 Å². The predicted molar refractivity (Wildman–Crippen MR) is 77.2 cm³/mol. The smallest absolute Gasteiger partial charge is 0.251 e. The van der Waals surface area contributed by atoms with Gasteiger partial charge in [0.15, 0.2) is 0 Å². The third kappa shape index (κ3) is 2.46. The van der Waals surface area contributed by atoms with E-state index in [4.69, 9.17) is 4.74 Å². The van der Waals surface area contributed by atoms with Crippen LogP contribution in [0.25, 0.3) is 0 Å². The van der Waals surface area contributed by atoms with Crippen LogP contribution in [0.2, 0.25) is 0 Å². The molecule has 1 aliphatic heterocycles. The number of nitrogens with one attached hydrogen (secondary N) is 1. The van der Waals surface area contributed by atoms with Crippen LogP contribution >= 0.6 is 0 Å². The Bertz CT molecular complexity index is 664. The summed E-state index contributed by atoms with van der Waals surface area (Å²) < 4.78 is 5.66. The minimum Gasteiger partial charge on any atom is -0.493 e. The first kappa shape index (κ1) is 12.9. The van der Waals surface area contributed by atoms with Crippen molar-refractivity contribution >= 4 is 0 Å². The van der Waals surface area contributed by atoms with Crippen LogP contribution in [0.3, 0.4) is 0 Å². The second-order valence-electron chi connectivity index (χ2n) is 5.10. The summed E-state index contributed by atoms with van der Waals surface area (Å²) in [7, 11) is 0. The average Bonchev–Trinajstić information content (AvgIpc) is 2.46. The molecule has 2 heterocycles. The van der Waals surface area contributed by atoms with Crippen LogP contribution in [-0.4, -0.2) is 16.6 Å². The number of ether oxygens (including phenoxy) is 1. The molecule has 4 heteroatoms. The molecule has 4 nitrogen and oxygen atoms in total. The van der Waals surface area contributed by atoms with E-state index < -0.39 is 0 Å². The Balaban J connectivity index is 2.04. The number of hydrogen-bond acceptors (Lipinski definition) is 3. The second-order valence-corrected chi connectivity index (χ2v) is 5.10. The maximum Gasteiger partial charge on any atom is 0.251 e. The third-order valence-electron chi connectivity index (χ3n) is 3.61. The lowest BCUT2D eigenvalue weighted by Gasteiger charge is -2.25. The van der Waals surface area contributed by atoms with E-state index in [-0.39, 0.29) is 11.5 Å². The summed E-state index contributed by atoms with van der Waals surface area (Å²) in [6, 6.07) is 9.57. The van der Waals surface area contributed by atoms with Crippen LogP contribution in [0, 0.1) is 0 Å². The Labute approximate surface area is 117 Å². The summed E-state index contributed by atoms with van der Waals surface area (Å²) in [5, 5.41) is 0. The summed E-state index contributed by atoms with van der Waals surface area (Å²) >= 11 is 0. The number of fused-ring (bicyclic) bond motifs is 1. The van der Waals surface area contributed by atoms with E-state index in [0.717, 1.165) is 42.1 Å². The fourth-order valence-corrected chi connectivity index (χ4v) is 2.70. The van der Waals surface area contributed by atoms with Crippen molar-refractivity contribution in [1.82, 2.24) is 9.97 Å². The first-order valence-electron chi connectivity index (χ1n) is 7.10. The number of nitrogens with zero attached hydrogens (tertiary/aromatic N) is 1.